The van der Waals surface area contributed by atoms with Gasteiger partial charge in [0.25, 0.3) is 5.91 Å². The maximum Gasteiger partial charge on any atom is 0.251 e. The Labute approximate surface area is 159 Å². The van der Waals surface area contributed by atoms with Gasteiger partial charge >= 0.3 is 0 Å². The predicted molar refractivity (Wildman–Crippen MR) is 105 cm³/mol. The zero-order valence-electron chi connectivity index (χ0n) is 14.7. The number of sulfone groups is 1. The average molecular weight is 393 g/mol. The quantitative estimate of drug-likeness (QED) is 0.791. The number of hydrogen-bond donors (Lipinski definition) is 0. The van der Waals surface area contributed by atoms with Crippen molar-refractivity contribution in [3.63, 3.8) is 0 Å². The number of hydrogen-bond acceptors (Lipinski definition) is 4. The monoisotopic (exact) mass is 392 g/mol. The van der Waals surface area contributed by atoms with E-state index in [-0.39, 0.29) is 34.6 Å². The molecule has 2 saturated heterocycles. The van der Waals surface area contributed by atoms with Gasteiger partial charge in [-0.15, -0.1) is 0 Å². The van der Waals surface area contributed by atoms with Crippen LogP contribution in [0.3, 0.4) is 0 Å². The Morgan fingerprint density at radius 3 is 2.58 bits per heavy atom. The van der Waals surface area contributed by atoms with Gasteiger partial charge in [-0.05, 0) is 18.4 Å². The fraction of sp³-hybridized carbons (Fsp3) is 0.579. The zero-order chi connectivity index (χ0) is 18.1. The number of aliphatic imine (C=N–C) groups is 1. The van der Waals surface area contributed by atoms with E-state index in [0.717, 1.165) is 31.2 Å². The van der Waals surface area contributed by atoms with Crippen LogP contribution in [-0.2, 0) is 21.2 Å². The lowest BCUT2D eigenvalue weighted by Gasteiger charge is -2.25. The van der Waals surface area contributed by atoms with Crippen LogP contribution in [0.1, 0.15) is 37.7 Å². The lowest BCUT2D eigenvalue weighted by Crippen LogP contribution is -2.37. The molecule has 5 nitrogen and oxygen atoms in total. The summed E-state index contributed by atoms with van der Waals surface area (Å²) in [5, 5.41) is 0.705. The number of rotatable bonds is 3. The largest absolute Gasteiger partial charge is 0.342 e. The summed E-state index contributed by atoms with van der Waals surface area (Å²) in [4.78, 5) is 19.2. The molecular weight excluding hydrogens is 368 g/mol. The van der Waals surface area contributed by atoms with Crippen LogP contribution >= 0.6 is 11.8 Å². The first-order valence-corrected chi connectivity index (χ1v) is 12.0. The molecule has 0 spiro atoms. The topological polar surface area (TPSA) is 66.8 Å². The summed E-state index contributed by atoms with van der Waals surface area (Å²) in [5.41, 5.74) is 1.11. The van der Waals surface area contributed by atoms with Gasteiger partial charge in [0.15, 0.2) is 15.0 Å². The molecule has 3 aliphatic rings. The van der Waals surface area contributed by atoms with Gasteiger partial charge in [0.05, 0.1) is 17.5 Å². The van der Waals surface area contributed by atoms with Crippen LogP contribution in [0.25, 0.3) is 0 Å². The summed E-state index contributed by atoms with van der Waals surface area (Å²) in [6, 6.07) is 9.90. The number of carbonyl (C=O) groups is 1. The highest BCUT2D eigenvalue weighted by Gasteiger charge is 2.48. The highest BCUT2D eigenvalue weighted by atomic mass is 32.2. The van der Waals surface area contributed by atoms with E-state index in [9.17, 15) is 13.2 Å². The van der Waals surface area contributed by atoms with Gasteiger partial charge in [-0.2, -0.15) is 4.99 Å². The third kappa shape index (κ3) is 3.83. The Bertz CT molecular complexity index is 801. The SMILES string of the molecule is O=C(N=C1S[C@H]2CS(=O)(=O)C[C@H]2N1Cc1ccccc1)C1CCCCC1. The highest BCUT2D eigenvalue weighted by molar-refractivity contribution is 8.15. The second-order valence-electron chi connectivity index (χ2n) is 7.48. The molecule has 1 aromatic carbocycles. The minimum absolute atomic E-state index is 0.0124. The third-order valence-corrected chi connectivity index (χ3v) is 8.78. The van der Waals surface area contributed by atoms with Gasteiger partial charge in [0, 0.05) is 17.7 Å². The number of carbonyl (C=O) groups excluding carboxylic acids is 1. The standard InChI is InChI=1S/C19H24N2O3S2/c22-18(15-9-5-2-6-10-15)20-19-21(11-14-7-3-1-4-8-14)16-12-26(23,24)13-17(16)25-19/h1,3-4,7-8,15-17H,2,5-6,9-13H2/t16-,17+/m1/s1. The molecule has 1 aromatic rings. The fourth-order valence-electron chi connectivity index (χ4n) is 4.14. The van der Waals surface area contributed by atoms with Gasteiger partial charge in [0.2, 0.25) is 0 Å². The highest BCUT2D eigenvalue weighted by Crippen LogP contribution is 2.39. The lowest BCUT2D eigenvalue weighted by molar-refractivity contribution is -0.122. The molecule has 4 rings (SSSR count). The summed E-state index contributed by atoms with van der Waals surface area (Å²) < 4.78 is 24.1. The van der Waals surface area contributed by atoms with Crippen molar-refractivity contribution in [2.45, 2.75) is 49.9 Å². The summed E-state index contributed by atoms with van der Waals surface area (Å²) in [6.07, 6.45) is 5.27. The molecule has 7 heteroatoms. The number of benzene rings is 1. The fourth-order valence-corrected chi connectivity index (χ4v) is 8.09. The first-order valence-electron chi connectivity index (χ1n) is 9.32. The van der Waals surface area contributed by atoms with Gasteiger partial charge in [0.1, 0.15) is 0 Å². The lowest BCUT2D eigenvalue weighted by atomic mass is 9.89. The van der Waals surface area contributed by atoms with E-state index in [4.69, 9.17) is 0 Å². The molecule has 0 radical (unpaired) electrons. The second-order valence-corrected chi connectivity index (χ2v) is 10.8. The Balaban J connectivity index is 1.58. The summed E-state index contributed by atoms with van der Waals surface area (Å²) in [7, 11) is -3.01. The van der Waals surface area contributed by atoms with E-state index in [1.54, 1.807) is 0 Å². The van der Waals surface area contributed by atoms with Gasteiger partial charge in [-0.3, -0.25) is 4.79 Å². The molecule has 2 atom stereocenters. The Morgan fingerprint density at radius 1 is 1.12 bits per heavy atom. The summed E-state index contributed by atoms with van der Waals surface area (Å²) in [6.45, 7) is 0.599. The summed E-state index contributed by atoms with van der Waals surface area (Å²) in [5.74, 6) is 0.367. The van der Waals surface area contributed by atoms with Crippen molar-refractivity contribution < 1.29 is 13.2 Å². The molecule has 0 N–H and O–H groups in total. The van der Waals surface area contributed by atoms with Crippen molar-refractivity contribution in [3.05, 3.63) is 35.9 Å². The molecule has 0 unspecified atom stereocenters. The number of thioether (sulfide) groups is 1. The molecular formula is C19H24N2O3S2. The van der Waals surface area contributed by atoms with E-state index in [1.165, 1.54) is 18.2 Å². The second kappa shape index (κ2) is 7.35. The van der Waals surface area contributed by atoms with Crippen LogP contribution < -0.4 is 0 Å². The van der Waals surface area contributed by atoms with Crippen LogP contribution in [0.2, 0.25) is 0 Å². The maximum atomic E-state index is 12.7. The Kier molecular flexibility index (Phi) is 5.10. The number of fused-ring (bicyclic) bond motifs is 1. The molecule has 1 aliphatic carbocycles. The number of amides is 1. The van der Waals surface area contributed by atoms with E-state index in [0.29, 0.717) is 11.7 Å². The molecule has 0 aromatic heterocycles. The van der Waals surface area contributed by atoms with Gasteiger partial charge < -0.3 is 4.90 Å². The number of amidine groups is 1. The molecule has 3 fully saturated rings. The van der Waals surface area contributed by atoms with Crippen LogP contribution in [0.5, 0.6) is 0 Å². The molecule has 2 heterocycles. The predicted octanol–water partition coefficient (Wildman–Crippen LogP) is 2.86. The molecule has 0 bridgehead atoms. The van der Waals surface area contributed by atoms with Crippen molar-refractivity contribution in [1.82, 2.24) is 4.90 Å². The van der Waals surface area contributed by atoms with E-state index in [1.807, 2.05) is 30.3 Å². The van der Waals surface area contributed by atoms with Crippen molar-refractivity contribution in [3.8, 4) is 0 Å². The minimum atomic E-state index is -3.01. The number of nitrogens with zero attached hydrogens (tertiary/aromatic N) is 2. The van der Waals surface area contributed by atoms with Gasteiger partial charge in [-0.1, -0.05) is 61.4 Å². The normalized spacial score (nSPS) is 29.8. The smallest absolute Gasteiger partial charge is 0.251 e. The van der Waals surface area contributed by atoms with E-state index < -0.39 is 9.84 Å². The first-order chi connectivity index (χ1) is 12.5. The van der Waals surface area contributed by atoms with Gasteiger partial charge in [-0.25, -0.2) is 8.42 Å². The molecule has 1 amide bonds. The average Bonchev–Trinajstić information content (AvgIpc) is 3.09. The molecule has 140 valence electrons. The molecule has 1 saturated carbocycles. The van der Waals surface area contributed by atoms with Crippen molar-refractivity contribution in [1.29, 1.82) is 0 Å². The van der Waals surface area contributed by atoms with Crippen LogP contribution in [-0.4, -0.2) is 47.2 Å². The van der Waals surface area contributed by atoms with E-state index >= 15 is 0 Å². The minimum Gasteiger partial charge on any atom is -0.342 e. The molecule has 2 aliphatic heterocycles. The first kappa shape index (κ1) is 18.0. The van der Waals surface area contributed by atoms with Crippen molar-refractivity contribution in [2.75, 3.05) is 11.5 Å². The van der Waals surface area contributed by atoms with Crippen molar-refractivity contribution >= 4 is 32.7 Å². The van der Waals surface area contributed by atoms with Crippen LogP contribution in [0.15, 0.2) is 35.3 Å². The van der Waals surface area contributed by atoms with E-state index in [2.05, 4.69) is 9.89 Å². The van der Waals surface area contributed by atoms with Crippen LogP contribution in [0.4, 0.5) is 0 Å². The Hall–Kier alpha value is -1.34. The Morgan fingerprint density at radius 2 is 1.85 bits per heavy atom. The summed E-state index contributed by atoms with van der Waals surface area (Å²) >= 11 is 1.48. The third-order valence-electron chi connectivity index (χ3n) is 5.53. The molecule has 26 heavy (non-hydrogen) atoms. The zero-order valence-corrected chi connectivity index (χ0v) is 16.3. The van der Waals surface area contributed by atoms with Crippen LogP contribution in [0, 0.1) is 5.92 Å². The van der Waals surface area contributed by atoms with Crippen molar-refractivity contribution in [2.24, 2.45) is 10.9 Å². The maximum absolute atomic E-state index is 12.7.